The predicted octanol–water partition coefficient (Wildman–Crippen LogP) is 1.95. The molecule has 2 atom stereocenters. The third-order valence-corrected chi connectivity index (χ3v) is 3.92. The Labute approximate surface area is 128 Å². The van der Waals surface area contributed by atoms with Gasteiger partial charge < -0.3 is 15.0 Å². The fourth-order valence-electron chi connectivity index (χ4n) is 2.83. The summed E-state index contributed by atoms with van der Waals surface area (Å²) in [5.74, 6) is 0.475. The number of hydrogen-bond donors (Lipinski definition) is 1. The zero-order chi connectivity index (χ0) is 15.8. The van der Waals surface area contributed by atoms with Gasteiger partial charge in [0.05, 0.1) is 0 Å². The quantitative estimate of drug-likeness (QED) is 0.662. The lowest BCUT2D eigenvalue weighted by Crippen LogP contribution is -2.63. The maximum atomic E-state index is 12.6. The standard InChI is InChI=1S/C16H30N2O3/c1-5-14-15(19)17-13(11-12(2)3)16(20)18(14)9-7-6-8-10-21-4/h12-14H,5-11H2,1-4H3,(H,17,19). The highest BCUT2D eigenvalue weighted by molar-refractivity contribution is 5.96. The SMILES string of the molecule is CCC1C(=O)NC(CC(C)C)C(=O)N1CCCCCOC. The average molecular weight is 298 g/mol. The summed E-state index contributed by atoms with van der Waals surface area (Å²) in [5, 5.41) is 2.89. The Kier molecular flexibility index (Phi) is 7.72. The molecule has 21 heavy (non-hydrogen) atoms. The Bertz CT molecular complexity index is 344. The first-order valence-corrected chi connectivity index (χ1v) is 8.11. The van der Waals surface area contributed by atoms with Gasteiger partial charge in [-0.25, -0.2) is 0 Å². The molecule has 0 spiro atoms. The third kappa shape index (κ3) is 5.30. The molecule has 5 nitrogen and oxygen atoms in total. The van der Waals surface area contributed by atoms with Crippen molar-refractivity contribution in [1.82, 2.24) is 10.2 Å². The van der Waals surface area contributed by atoms with Gasteiger partial charge in [-0.2, -0.15) is 0 Å². The van der Waals surface area contributed by atoms with Crippen molar-refractivity contribution in [2.75, 3.05) is 20.3 Å². The minimum absolute atomic E-state index is 0.000332. The van der Waals surface area contributed by atoms with Crippen molar-refractivity contribution in [2.24, 2.45) is 5.92 Å². The molecule has 1 N–H and O–H groups in total. The largest absolute Gasteiger partial charge is 0.385 e. The first-order valence-electron chi connectivity index (χ1n) is 8.11. The van der Waals surface area contributed by atoms with Crippen LogP contribution in [0.3, 0.4) is 0 Å². The van der Waals surface area contributed by atoms with Crippen LogP contribution in [0.1, 0.15) is 52.9 Å². The zero-order valence-corrected chi connectivity index (χ0v) is 13.9. The van der Waals surface area contributed by atoms with Crippen LogP contribution in [-0.4, -0.2) is 49.1 Å². The van der Waals surface area contributed by atoms with Crippen LogP contribution in [0.25, 0.3) is 0 Å². The summed E-state index contributed by atoms with van der Waals surface area (Å²) in [6, 6.07) is -0.650. The van der Waals surface area contributed by atoms with Gasteiger partial charge in [0.1, 0.15) is 12.1 Å². The second-order valence-electron chi connectivity index (χ2n) is 6.20. The van der Waals surface area contributed by atoms with Crippen molar-refractivity contribution >= 4 is 11.8 Å². The Morgan fingerprint density at radius 2 is 1.95 bits per heavy atom. The number of nitrogens with one attached hydrogen (secondary N) is 1. The molecule has 1 aliphatic rings. The van der Waals surface area contributed by atoms with Gasteiger partial charge in [-0.05, 0) is 38.0 Å². The van der Waals surface area contributed by atoms with Crippen LogP contribution in [-0.2, 0) is 14.3 Å². The van der Waals surface area contributed by atoms with Crippen molar-refractivity contribution in [3.05, 3.63) is 0 Å². The molecule has 1 heterocycles. The zero-order valence-electron chi connectivity index (χ0n) is 13.9. The molecule has 2 amide bonds. The van der Waals surface area contributed by atoms with Crippen molar-refractivity contribution in [3.8, 4) is 0 Å². The fraction of sp³-hybridized carbons (Fsp3) is 0.875. The molecule has 1 fully saturated rings. The van der Waals surface area contributed by atoms with Crippen LogP contribution < -0.4 is 5.32 Å². The van der Waals surface area contributed by atoms with Gasteiger partial charge in [-0.1, -0.05) is 20.8 Å². The Morgan fingerprint density at radius 3 is 2.52 bits per heavy atom. The maximum absolute atomic E-state index is 12.6. The molecule has 0 radical (unpaired) electrons. The molecule has 0 aliphatic carbocycles. The van der Waals surface area contributed by atoms with Crippen LogP contribution >= 0.6 is 0 Å². The third-order valence-electron chi connectivity index (χ3n) is 3.92. The Hall–Kier alpha value is -1.10. The maximum Gasteiger partial charge on any atom is 0.245 e. The molecule has 1 aliphatic heterocycles. The summed E-state index contributed by atoms with van der Waals surface area (Å²) in [7, 11) is 1.70. The van der Waals surface area contributed by atoms with Gasteiger partial charge in [0.25, 0.3) is 0 Å². The average Bonchev–Trinajstić information content (AvgIpc) is 2.42. The predicted molar refractivity (Wildman–Crippen MR) is 82.9 cm³/mol. The van der Waals surface area contributed by atoms with Gasteiger partial charge in [-0.15, -0.1) is 0 Å². The van der Waals surface area contributed by atoms with Crippen molar-refractivity contribution in [3.63, 3.8) is 0 Å². The number of amides is 2. The van der Waals surface area contributed by atoms with E-state index in [0.717, 1.165) is 25.9 Å². The topological polar surface area (TPSA) is 58.6 Å². The highest BCUT2D eigenvalue weighted by Gasteiger charge is 2.39. The van der Waals surface area contributed by atoms with E-state index in [-0.39, 0.29) is 23.9 Å². The number of carbonyl (C=O) groups is 2. The number of ether oxygens (including phenoxy) is 1. The summed E-state index contributed by atoms with van der Waals surface area (Å²) in [6.07, 6.45) is 4.32. The van der Waals surface area contributed by atoms with Crippen LogP contribution in [0.5, 0.6) is 0 Å². The van der Waals surface area contributed by atoms with E-state index in [1.807, 2.05) is 6.92 Å². The number of piperazine rings is 1. The van der Waals surface area contributed by atoms with Gasteiger partial charge in [-0.3, -0.25) is 9.59 Å². The Morgan fingerprint density at radius 1 is 1.24 bits per heavy atom. The van der Waals surface area contributed by atoms with Crippen LogP contribution in [0.4, 0.5) is 0 Å². The van der Waals surface area contributed by atoms with E-state index in [1.165, 1.54) is 0 Å². The minimum atomic E-state index is -0.348. The summed E-state index contributed by atoms with van der Waals surface area (Å²) >= 11 is 0. The number of methoxy groups -OCH3 is 1. The minimum Gasteiger partial charge on any atom is -0.385 e. The lowest BCUT2D eigenvalue weighted by atomic mass is 9.97. The molecular weight excluding hydrogens is 268 g/mol. The van der Waals surface area contributed by atoms with Crippen molar-refractivity contribution in [1.29, 1.82) is 0 Å². The number of unbranched alkanes of at least 4 members (excludes halogenated alkanes) is 2. The summed E-state index contributed by atoms with van der Waals surface area (Å²) in [4.78, 5) is 26.6. The lowest BCUT2D eigenvalue weighted by Gasteiger charge is -2.39. The van der Waals surface area contributed by atoms with Crippen LogP contribution in [0.15, 0.2) is 0 Å². The smallest absolute Gasteiger partial charge is 0.245 e. The summed E-state index contributed by atoms with van der Waals surface area (Å²) in [6.45, 7) is 7.52. The molecule has 0 aromatic rings. The van der Waals surface area contributed by atoms with Crippen molar-refractivity contribution in [2.45, 2.75) is 65.0 Å². The molecule has 0 saturated carbocycles. The van der Waals surface area contributed by atoms with E-state index in [1.54, 1.807) is 12.0 Å². The van der Waals surface area contributed by atoms with Crippen molar-refractivity contribution < 1.29 is 14.3 Å². The second kappa shape index (κ2) is 9.03. The molecule has 0 bridgehead atoms. The van der Waals surface area contributed by atoms with E-state index in [2.05, 4.69) is 19.2 Å². The first-order chi connectivity index (χ1) is 10.0. The normalized spacial score (nSPS) is 22.8. The van der Waals surface area contributed by atoms with E-state index in [9.17, 15) is 9.59 Å². The van der Waals surface area contributed by atoms with Crippen LogP contribution in [0, 0.1) is 5.92 Å². The molecule has 1 saturated heterocycles. The molecule has 0 aromatic carbocycles. The van der Waals surface area contributed by atoms with Gasteiger partial charge in [0.2, 0.25) is 11.8 Å². The Balaban J connectivity index is 2.61. The number of carbonyl (C=O) groups excluding carboxylic acids is 2. The second-order valence-corrected chi connectivity index (χ2v) is 6.20. The highest BCUT2D eigenvalue weighted by atomic mass is 16.5. The summed E-state index contributed by atoms with van der Waals surface area (Å²) < 4.78 is 5.03. The van der Waals surface area contributed by atoms with E-state index in [0.29, 0.717) is 25.3 Å². The van der Waals surface area contributed by atoms with Gasteiger partial charge in [0.15, 0.2) is 0 Å². The monoisotopic (exact) mass is 298 g/mol. The highest BCUT2D eigenvalue weighted by Crippen LogP contribution is 2.18. The van der Waals surface area contributed by atoms with E-state index in [4.69, 9.17) is 4.74 Å². The first kappa shape index (κ1) is 18.0. The molecule has 122 valence electrons. The lowest BCUT2D eigenvalue weighted by molar-refractivity contribution is -0.150. The number of nitrogens with zero attached hydrogens (tertiary/aromatic N) is 1. The molecule has 0 aromatic heterocycles. The molecular formula is C16H30N2O3. The molecule has 2 unspecified atom stereocenters. The van der Waals surface area contributed by atoms with Crippen LogP contribution in [0.2, 0.25) is 0 Å². The van der Waals surface area contributed by atoms with E-state index < -0.39 is 0 Å². The number of hydrogen-bond acceptors (Lipinski definition) is 3. The van der Waals surface area contributed by atoms with Gasteiger partial charge >= 0.3 is 0 Å². The molecule has 1 rings (SSSR count). The van der Waals surface area contributed by atoms with E-state index >= 15 is 0 Å². The number of rotatable bonds is 9. The fourth-order valence-corrected chi connectivity index (χ4v) is 2.83. The summed E-state index contributed by atoms with van der Waals surface area (Å²) in [5.41, 5.74) is 0. The molecule has 5 heteroatoms. The van der Waals surface area contributed by atoms with Gasteiger partial charge in [0, 0.05) is 20.3 Å².